The molecule has 88 valence electrons. The van der Waals surface area contributed by atoms with Crippen LogP contribution in [-0.4, -0.2) is 34.3 Å². The number of ether oxygens (including phenoxy) is 1. The Kier molecular flexibility index (Phi) is 3.24. The predicted molar refractivity (Wildman–Crippen MR) is 57.3 cm³/mol. The average Bonchev–Trinajstić information content (AvgIpc) is 2.67. The molecule has 0 amide bonds. The van der Waals surface area contributed by atoms with Crippen LogP contribution in [0.3, 0.4) is 0 Å². The summed E-state index contributed by atoms with van der Waals surface area (Å²) in [5.41, 5.74) is 0.989. The first-order chi connectivity index (χ1) is 7.70. The zero-order chi connectivity index (χ0) is 11.5. The van der Waals surface area contributed by atoms with Crippen molar-refractivity contribution in [1.29, 1.82) is 0 Å². The third-order valence-electron chi connectivity index (χ3n) is 2.97. The SMILES string of the molecule is COCCc1cn2c(n1)CC(C(=O)O)CC2. The molecule has 0 saturated carbocycles. The standard InChI is InChI=1S/C11H16N2O3/c1-16-5-3-9-7-13-4-2-8(11(14)15)6-10(13)12-9/h7-8H,2-6H2,1H3,(H,14,15). The highest BCUT2D eigenvalue weighted by Gasteiger charge is 2.25. The lowest BCUT2D eigenvalue weighted by Crippen LogP contribution is -2.25. The van der Waals surface area contributed by atoms with Gasteiger partial charge >= 0.3 is 5.97 Å². The van der Waals surface area contributed by atoms with Crippen molar-refractivity contribution in [3.8, 4) is 0 Å². The topological polar surface area (TPSA) is 64.4 Å². The second kappa shape index (κ2) is 4.65. The number of hydrogen-bond donors (Lipinski definition) is 1. The van der Waals surface area contributed by atoms with E-state index in [0.717, 1.165) is 24.5 Å². The van der Waals surface area contributed by atoms with Crippen LogP contribution in [-0.2, 0) is 28.9 Å². The van der Waals surface area contributed by atoms with Crippen LogP contribution < -0.4 is 0 Å². The summed E-state index contributed by atoms with van der Waals surface area (Å²) in [5, 5.41) is 8.96. The fraction of sp³-hybridized carbons (Fsp3) is 0.636. The molecule has 16 heavy (non-hydrogen) atoms. The van der Waals surface area contributed by atoms with E-state index in [9.17, 15) is 4.79 Å². The number of methoxy groups -OCH3 is 1. The number of carbonyl (C=O) groups is 1. The zero-order valence-electron chi connectivity index (χ0n) is 9.35. The Labute approximate surface area is 94.1 Å². The van der Waals surface area contributed by atoms with Crippen molar-refractivity contribution in [3.05, 3.63) is 17.7 Å². The molecular formula is C11H16N2O3. The highest BCUT2D eigenvalue weighted by molar-refractivity contribution is 5.70. The molecule has 0 spiro atoms. The number of aryl methyl sites for hydroxylation is 1. The molecular weight excluding hydrogens is 208 g/mol. The molecule has 1 aromatic heterocycles. The summed E-state index contributed by atoms with van der Waals surface area (Å²) in [6.07, 6.45) is 4.03. The Morgan fingerprint density at radius 2 is 2.56 bits per heavy atom. The Morgan fingerprint density at radius 3 is 3.25 bits per heavy atom. The third kappa shape index (κ3) is 2.24. The molecule has 0 fully saturated rings. The molecule has 5 heteroatoms. The molecule has 0 saturated heterocycles. The molecule has 1 aliphatic rings. The van der Waals surface area contributed by atoms with E-state index in [1.54, 1.807) is 7.11 Å². The van der Waals surface area contributed by atoms with E-state index in [-0.39, 0.29) is 5.92 Å². The Bertz CT molecular complexity index is 387. The Balaban J connectivity index is 2.07. The molecule has 0 aliphatic carbocycles. The predicted octanol–water partition coefficient (Wildman–Crippen LogP) is 0.719. The minimum Gasteiger partial charge on any atom is -0.481 e. The second-order valence-corrected chi connectivity index (χ2v) is 4.11. The van der Waals surface area contributed by atoms with Gasteiger partial charge < -0.3 is 14.4 Å². The molecule has 1 atom stereocenters. The van der Waals surface area contributed by atoms with Gasteiger partial charge in [-0.1, -0.05) is 0 Å². The molecule has 2 heterocycles. The van der Waals surface area contributed by atoms with Gasteiger partial charge in [-0.25, -0.2) is 4.98 Å². The highest BCUT2D eigenvalue weighted by Crippen LogP contribution is 2.20. The number of carboxylic acids is 1. The molecule has 1 aromatic rings. The normalized spacial score (nSPS) is 19.4. The number of aliphatic carboxylic acids is 1. The minimum atomic E-state index is -0.715. The fourth-order valence-electron chi connectivity index (χ4n) is 2.02. The minimum absolute atomic E-state index is 0.273. The lowest BCUT2D eigenvalue weighted by atomic mass is 9.98. The number of aromatic nitrogens is 2. The van der Waals surface area contributed by atoms with E-state index >= 15 is 0 Å². The summed E-state index contributed by atoms with van der Waals surface area (Å²) in [6, 6.07) is 0. The zero-order valence-corrected chi connectivity index (χ0v) is 9.35. The van der Waals surface area contributed by atoms with Crippen LogP contribution in [0.5, 0.6) is 0 Å². The summed E-state index contributed by atoms with van der Waals surface area (Å²) in [4.78, 5) is 15.3. The van der Waals surface area contributed by atoms with Gasteiger partial charge in [0.05, 0.1) is 18.2 Å². The summed E-state index contributed by atoms with van der Waals surface area (Å²) >= 11 is 0. The van der Waals surface area contributed by atoms with E-state index in [1.165, 1.54) is 0 Å². The van der Waals surface area contributed by atoms with Gasteiger partial charge in [0.25, 0.3) is 0 Å². The van der Waals surface area contributed by atoms with Crippen LogP contribution in [0.1, 0.15) is 17.9 Å². The first-order valence-corrected chi connectivity index (χ1v) is 5.47. The van der Waals surface area contributed by atoms with Crippen molar-refractivity contribution in [1.82, 2.24) is 9.55 Å². The smallest absolute Gasteiger partial charge is 0.307 e. The van der Waals surface area contributed by atoms with Crippen LogP contribution in [0.15, 0.2) is 6.20 Å². The number of fused-ring (bicyclic) bond motifs is 1. The number of rotatable bonds is 4. The van der Waals surface area contributed by atoms with Crippen LogP contribution in [0.2, 0.25) is 0 Å². The van der Waals surface area contributed by atoms with E-state index in [2.05, 4.69) is 9.55 Å². The molecule has 2 rings (SSSR count). The largest absolute Gasteiger partial charge is 0.481 e. The summed E-state index contributed by atoms with van der Waals surface area (Å²) in [5.74, 6) is -0.0948. The maximum Gasteiger partial charge on any atom is 0.307 e. The molecule has 1 unspecified atom stereocenters. The van der Waals surface area contributed by atoms with Gasteiger partial charge in [-0.3, -0.25) is 4.79 Å². The molecule has 1 aliphatic heterocycles. The van der Waals surface area contributed by atoms with Crippen molar-refractivity contribution in [2.45, 2.75) is 25.8 Å². The van der Waals surface area contributed by atoms with Gasteiger partial charge in [0.1, 0.15) is 5.82 Å². The van der Waals surface area contributed by atoms with Gasteiger partial charge in [0.15, 0.2) is 0 Å². The Hall–Kier alpha value is -1.36. The molecule has 0 radical (unpaired) electrons. The van der Waals surface area contributed by atoms with E-state index in [0.29, 0.717) is 19.4 Å². The van der Waals surface area contributed by atoms with Crippen molar-refractivity contribution < 1.29 is 14.6 Å². The summed E-state index contributed by atoms with van der Waals surface area (Å²) < 4.78 is 7.05. The van der Waals surface area contributed by atoms with Crippen LogP contribution in [0.25, 0.3) is 0 Å². The maximum atomic E-state index is 10.9. The second-order valence-electron chi connectivity index (χ2n) is 4.11. The lowest BCUT2D eigenvalue weighted by Gasteiger charge is -2.19. The van der Waals surface area contributed by atoms with Gasteiger partial charge in [0.2, 0.25) is 0 Å². The highest BCUT2D eigenvalue weighted by atomic mass is 16.5. The maximum absolute atomic E-state index is 10.9. The van der Waals surface area contributed by atoms with E-state index in [4.69, 9.17) is 9.84 Å². The van der Waals surface area contributed by atoms with Crippen LogP contribution in [0, 0.1) is 5.92 Å². The average molecular weight is 224 g/mol. The number of carboxylic acid groups (broad SMARTS) is 1. The third-order valence-corrected chi connectivity index (χ3v) is 2.97. The van der Waals surface area contributed by atoms with Gasteiger partial charge in [-0.15, -0.1) is 0 Å². The van der Waals surface area contributed by atoms with Crippen molar-refractivity contribution >= 4 is 5.97 Å². The van der Waals surface area contributed by atoms with Crippen LogP contribution >= 0.6 is 0 Å². The number of nitrogens with zero attached hydrogens (tertiary/aromatic N) is 2. The van der Waals surface area contributed by atoms with Crippen LogP contribution in [0.4, 0.5) is 0 Å². The number of imidazole rings is 1. The van der Waals surface area contributed by atoms with Gasteiger partial charge in [-0.2, -0.15) is 0 Å². The van der Waals surface area contributed by atoms with E-state index in [1.807, 2.05) is 6.20 Å². The van der Waals surface area contributed by atoms with Gasteiger partial charge in [-0.05, 0) is 6.42 Å². The van der Waals surface area contributed by atoms with Gasteiger partial charge in [0, 0.05) is 32.7 Å². The van der Waals surface area contributed by atoms with E-state index < -0.39 is 5.97 Å². The monoisotopic (exact) mass is 224 g/mol. The van der Waals surface area contributed by atoms with Crippen molar-refractivity contribution in [2.75, 3.05) is 13.7 Å². The van der Waals surface area contributed by atoms with Crippen molar-refractivity contribution in [3.63, 3.8) is 0 Å². The molecule has 0 aromatic carbocycles. The van der Waals surface area contributed by atoms with Crippen molar-refractivity contribution in [2.24, 2.45) is 5.92 Å². The fourth-order valence-corrected chi connectivity index (χ4v) is 2.02. The first-order valence-electron chi connectivity index (χ1n) is 5.47. The summed E-state index contributed by atoms with van der Waals surface area (Å²) in [7, 11) is 1.66. The first kappa shape index (κ1) is 11.1. The summed E-state index contributed by atoms with van der Waals surface area (Å²) in [6.45, 7) is 1.41. The molecule has 0 bridgehead atoms. The lowest BCUT2D eigenvalue weighted by molar-refractivity contribution is -0.142. The Morgan fingerprint density at radius 1 is 1.75 bits per heavy atom. The quantitative estimate of drug-likeness (QED) is 0.818. The number of hydrogen-bond acceptors (Lipinski definition) is 3. The molecule has 5 nitrogen and oxygen atoms in total. The molecule has 1 N–H and O–H groups in total.